The molecule has 0 spiro atoms. The summed E-state index contributed by atoms with van der Waals surface area (Å²) in [4.78, 5) is 24.4. The molecule has 124 valence electrons. The lowest BCUT2D eigenvalue weighted by Crippen LogP contribution is -2.52. The Labute approximate surface area is 138 Å². The van der Waals surface area contributed by atoms with Gasteiger partial charge in [-0.25, -0.2) is 4.79 Å². The van der Waals surface area contributed by atoms with Gasteiger partial charge in [-0.2, -0.15) is 0 Å². The predicted molar refractivity (Wildman–Crippen MR) is 89.7 cm³/mol. The molecule has 1 heterocycles. The zero-order valence-corrected chi connectivity index (χ0v) is 14.5. The van der Waals surface area contributed by atoms with Gasteiger partial charge in [-0.05, 0) is 42.7 Å². The van der Waals surface area contributed by atoms with Crippen molar-refractivity contribution in [3.8, 4) is 0 Å². The van der Waals surface area contributed by atoms with Gasteiger partial charge in [0.15, 0.2) is 5.78 Å². The van der Waals surface area contributed by atoms with Crippen LogP contribution in [0.25, 0.3) is 0 Å². The van der Waals surface area contributed by atoms with E-state index >= 15 is 0 Å². The van der Waals surface area contributed by atoms with Gasteiger partial charge in [0.25, 0.3) is 0 Å². The lowest BCUT2D eigenvalue weighted by molar-refractivity contribution is -0.136. The molecule has 1 aliphatic heterocycles. The Kier molecular flexibility index (Phi) is 3.86. The van der Waals surface area contributed by atoms with Crippen LogP contribution in [0.3, 0.4) is 0 Å². The largest absolute Gasteiger partial charge is 0.458 e. The fourth-order valence-electron chi connectivity index (χ4n) is 5.15. The zero-order chi connectivity index (χ0) is 16.8. The second-order valence-electron chi connectivity index (χ2n) is 8.17. The van der Waals surface area contributed by atoms with E-state index < -0.39 is 0 Å². The minimum absolute atomic E-state index is 0.0267. The van der Waals surface area contributed by atoms with E-state index in [1.807, 2.05) is 25.2 Å². The summed E-state index contributed by atoms with van der Waals surface area (Å²) in [6, 6.07) is 0. The van der Waals surface area contributed by atoms with Crippen molar-refractivity contribution in [2.75, 3.05) is 6.61 Å². The third kappa shape index (κ3) is 2.60. The van der Waals surface area contributed by atoms with Crippen LogP contribution in [0.1, 0.15) is 47.0 Å². The van der Waals surface area contributed by atoms with Crippen LogP contribution in [-0.4, -0.2) is 18.4 Å². The Balaban J connectivity index is 1.98. The Hall–Kier alpha value is -1.64. The lowest BCUT2D eigenvalue weighted by Gasteiger charge is -2.55. The Bertz CT molecular complexity index is 635. The molecule has 3 atom stereocenters. The van der Waals surface area contributed by atoms with Gasteiger partial charge in [0.1, 0.15) is 6.61 Å². The van der Waals surface area contributed by atoms with Crippen LogP contribution in [0.2, 0.25) is 0 Å². The number of carbonyl (C=O) groups is 2. The van der Waals surface area contributed by atoms with Gasteiger partial charge in [0, 0.05) is 11.8 Å². The molecule has 0 saturated heterocycles. The first kappa shape index (κ1) is 16.2. The van der Waals surface area contributed by atoms with Gasteiger partial charge >= 0.3 is 5.97 Å². The highest BCUT2D eigenvalue weighted by Gasteiger charge is 2.54. The summed E-state index contributed by atoms with van der Waals surface area (Å²) in [7, 11) is 0. The molecular weight excluding hydrogens is 288 g/mol. The normalized spacial score (nSPS) is 36.5. The molecule has 0 aromatic heterocycles. The van der Waals surface area contributed by atoms with E-state index in [1.165, 1.54) is 0 Å². The van der Waals surface area contributed by atoms with Crippen molar-refractivity contribution in [2.24, 2.45) is 22.7 Å². The summed E-state index contributed by atoms with van der Waals surface area (Å²) >= 11 is 0. The summed E-state index contributed by atoms with van der Waals surface area (Å²) in [5, 5.41) is 0. The van der Waals surface area contributed by atoms with E-state index in [9.17, 15) is 9.59 Å². The molecular formula is C20H26O3. The van der Waals surface area contributed by atoms with E-state index in [-0.39, 0.29) is 34.4 Å². The first-order valence-corrected chi connectivity index (χ1v) is 8.53. The minimum Gasteiger partial charge on any atom is -0.458 e. The Morgan fingerprint density at radius 2 is 1.96 bits per heavy atom. The van der Waals surface area contributed by atoms with E-state index in [4.69, 9.17) is 4.74 Å². The highest BCUT2D eigenvalue weighted by Crippen LogP contribution is 2.58. The monoisotopic (exact) mass is 314 g/mol. The molecule has 0 N–H and O–H groups in total. The zero-order valence-electron chi connectivity index (χ0n) is 14.5. The smallest absolute Gasteiger partial charge is 0.338 e. The fraction of sp³-hybridized carbons (Fsp3) is 0.600. The Morgan fingerprint density at radius 1 is 1.22 bits per heavy atom. The molecule has 3 aliphatic rings. The number of allylic oxidation sites excluding steroid dienone is 3. The summed E-state index contributed by atoms with van der Waals surface area (Å²) in [5.41, 5.74) is 1.69. The third-order valence-electron chi connectivity index (χ3n) is 6.05. The minimum atomic E-state index is -0.250. The van der Waals surface area contributed by atoms with Gasteiger partial charge in [-0.15, -0.1) is 0 Å². The Morgan fingerprint density at radius 3 is 2.61 bits per heavy atom. The van der Waals surface area contributed by atoms with Crippen LogP contribution in [0, 0.1) is 22.7 Å². The van der Waals surface area contributed by atoms with E-state index in [2.05, 4.69) is 26.8 Å². The number of cyclic esters (lactones) is 1. The molecule has 3 heteroatoms. The molecule has 0 amide bonds. The van der Waals surface area contributed by atoms with Crippen LogP contribution in [0.4, 0.5) is 0 Å². The predicted octanol–water partition coefficient (Wildman–Crippen LogP) is 4.00. The third-order valence-corrected chi connectivity index (χ3v) is 6.05. The lowest BCUT2D eigenvalue weighted by atomic mass is 9.48. The van der Waals surface area contributed by atoms with Crippen molar-refractivity contribution in [1.82, 2.24) is 0 Å². The number of ketones is 1. The standard InChI is InChI=1S/C20H26O3/c1-13-12-16(21)17-19(2,3)9-5-10-20(17,4)15(13)7-6-14-8-11-23-18(14)22/h6-8,12,15,17H,5,9-11H2,1-4H3. The molecule has 3 rings (SSSR count). The highest BCUT2D eigenvalue weighted by molar-refractivity contribution is 5.95. The molecule has 23 heavy (non-hydrogen) atoms. The number of rotatable bonds is 2. The first-order chi connectivity index (χ1) is 10.8. The molecule has 0 aromatic rings. The average molecular weight is 314 g/mol. The van der Waals surface area contributed by atoms with Crippen molar-refractivity contribution >= 4 is 11.8 Å². The van der Waals surface area contributed by atoms with Gasteiger partial charge in [-0.1, -0.05) is 44.9 Å². The summed E-state index contributed by atoms with van der Waals surface area (Å²) < 4.78 is 4.96. The van der Waals surface area contributed by atoms with Crippen molar-refractivity contribution in [2.45, 2.75) is 47.0 Å². The number of carbonyl (C=O) groups excluding carboxylic acids is 2. The summed E-state index contributed by atoms with van der Waals surface area (Å²) in [5.74, 6) is 0.268. The second kappa shape index (κ2) is 5.47. The van der Waals surface area contributed by atoms with Gasteiger partial charge in [-0.3, -0.25) is 4.79 Å². The van der Waals surface area contributed by atoms with Gasteiger partial charge in [0.2, 0.25) is 0 Å². The molecule has 1 fully saturated rings. The summed E-state index contributed by atoms with van der Waals surface area (Å²) in [6.45, 7) is 9.10. The molecule has 1 saturated carbocycles. The molecule has 3 unspecified atom stereocenters. The number of fused-ring (bicyclic) bond motifs is 1. The van der Waals surface area contributed by atoms with Crippen LogP contribution < -0.4 is 0 Å². The SMILES string of the molecule is CC1=CC(=O)C2C(C)(C)CCCC2(C)C1C=CC1=CCOC1=O. The quantitative estimate of drug-likeness (QED) is 0.723. The van der Waals surface area contributed by atoms with Crippen LogP contribution in [0.15, 0.2) is 35.5 Å². The highest BCUT2D eigenvalue weighted by atomic mass is 16.5. The van der Waals surface area contributed by atoms with Gasteiger partial charge < -0.3 is 4.74 Å². The van der Waals surface area contributed by atoms with E-state index in [0.29, 0.717) is 12.2 Å². The average Bonchev–Trinajstić information content (AvgIpc) is 2.82. The number of hydrogen-bond acceptors (Lipinski definition) is 3. The number of ether oxygens (including phenoxy) is 1. The van der Waals surface area contributed by atoms with Gasteiger partial charge in [0.05, 0.1) is 5.57 Å². The van der Waals surface area contributed by atoms with Crippen molar-refractivity contribution in [3.63, 3.8) is 0 Å². The molecule has 0 bridgehead atoms. The summed E-state index contributed by atoms with van der Waals surface area (Å²) in [6.07, 6.45) is 10.9. The number of esters is 1. The number of hydrogen-bond donors (Lipinski definition) is 0. The van der Waals surface area contributed by atoms with Crippen molar-refractivity contribution in [3.05, 3.63) is 35.5 Å². The van der Waals surface area contributed by atoms with Crippen LogP contribution >= 0.6 is 0 Å². The second-order valence-corrected chi connectivity index (χ2v) is 8.17. The topological polar surface area (TPSA) is 43.4 Å². The molecule has 3 nitrogen and oxygen atoms in total. The maximum absolute atomic E-state index is 12.7. The molecule has 0 radical (unpaired) electrons. The maximum atomic E-state index is 12.7. The first-order valence-electron chi connectivity index (χ1n) is 8.53. The van der Waals surface area contributed by atoms with E-state index in [0.717, 1.165) is 24.8 Å². The molecule has 0 aromatic carbocycles. The van der Waals surface area contributed by atoms with Crippen molar-refractivity contribution in [1.29, 1.82) is 0 Å². The van der Waals surface area contributed by atoms with Crippen LogP contribution in [0.5, 0.6) is 0 Å². The maximum Gasteiger partial charge on any atom is 0.338 e. The van der Waals surface area contributed by atoms with E-state index in [1.54, 1.807) is 0 Å². The van der Waals surface area contributed by atoms with Crippen molar-refractivity contribution < 1.29 is 14.3 Å². The fourth-order valence-corrected chi connectivity index (χ4v) is 5.15. The van der Waals surface area contributed by atoms with Crippen LogP contribution in [-0.2, 0) is 14.3 Å². The molecule has 2 aliphatic carbocycles.